The Morgan fingerprint density at radius 2 is 1.90 bits per heavy atom. The molecule has 0 bridgehead atoms. The monoisotopic (exact) mass is 424 g/mol. The fourth-order valence-electron chi connectivity index (χ4n) is 2.40. The van der Waals surface area contributed by atoms with Crippen molar-refractivity contribution in [2.75, 3.05) is 11.9 Å². The standard InChI is InChI=1S/C18H16F3N4O3P/c1-2-25(28-29)16(26)14-8-7-13(9-22-14)24-17-23-10-15(27-17)11-3-5-12(6-4-11)18(19,20)21/h3-10H,2,29H2,1H3,(H,23,24). The van der Waals surface area contributed by atoms with E-state index in [0.29, 0.717) is 23.6 Å². The van der Waals surface area contributed by atoms with E-state index in [9.17, 15) is 18.0 Å². The average Bonchev–Trinajstić information content (AvgIpc) is 3.17. The molecule has 0 saturated carbocycles. The minimum absolute atomic E-state index is 0.129. The molecule has 11 heteroatoms. The van der Waals surface area contributed by atoms with Gasteiger partial charge in [0.15, 0.2) is 5.76 Å². The van der Waals surface area contributed by atoms with Gasteiger partial charge in [-0.1, -0.05) is 12.1 Å². The molecule has 0 aliphatic carbocycles. The van der Waals surface area contributed by atoms with Crippen LogP contribution in [0, 0.1) is 0 Å². The Hall–Kier alpha value is -2.97. The van der Waals surface area contributed by atoms with Gasteiger partial charge in [0, 0.05) is 21.6 Å². The number of aromatic nitrogens is 2. The number of alkyl halides is 3. The number of carbonyl (C=O) groups is 1. The summed E-state index contributed by atoms with van der Waals surface area (Å²) in [6.45, 7) is 2.11. The summed E-state index contributed by atoms with van der Waals surface area (Å²) in [7, 11) is 2.00. The maximum Gasteiger partial charge on any atom is 0.416 e. The zero-order valence-corrected chi connectivity index (χ0v) is 16.3. The Morgan fingerprint density at radius 3 is 2.45 bits per heavy atom. The van der Waals surface area contributed by atoms with Gasteiger partial charge in [-0.15, -0.1) is 0 Å². The molecule has 2 heterocycles. The zero-order chi connectivity index (χ0) is 21.0. The molecule has 0 spiro atoms. The number of nitrogens with one attached hydrogen (secondary N) is 1. The molecule has 0 aliphatic rings. The summed E-state index contributed by atoms with van der Waals surface area (Å²) >= 11 is 0. The second-order valence-corrected chi connectivity index (χ2v) is 5.98. The molecule has 152 valence electrons. The van der Waals surface area contributed by atoms with E-state index in [0.717, 1.165) is 17.2 Å². The molecule has 0 radical (unpaired) electrons. The number of pyridine rings is 1. The van der Waals surface area contributed by atoms with Gasteiger partial charge >= 0.3 is 6.18 Å². The van der Waals surface area contributed by atoms with Crippen molar-refractivity contribution in [3.05, 3.63) is 60.0 Å². The third-order valence-corrected chi connectivity index (χ3v) is 4.13. The summed E-state index contributed by atoms with van der Waals surface area (Å²) in [5.74, 6) is -0.0908. The first-order valence-electron chi connectivity index (χ1n) is 8.37. The molecule has 1 atom stereocenters. The SMILES string of the molecule is CCN(OP)C(=O)c1ccc(Nc2ncc(-c3ccc(C(F)(F)F)cc3)o2)cn1. The Kier molecular flexibility index (Phi) is 6.14. The summed E-state index contributed by atoms with van der Waals surface area (Å²) in [6.07, 6.45) is -1.58. The topological polar surface area (TPSA) is 80.5 Å². The van der Waals surface area contributed by atoms with Crippen LogP contribution in [-0.4, -0.2) is 27.5 Å². The van der Waals surface area contributed by atoms with Crippen molar-refractivity contribution >= 4 is 27.1 Å². The maximum absolute atomic E-state index is 12.6. The molecule has 3 rings (SSSR count). The number of benzene rings is 1. The molecule has 1 aromatic carbocycles. The van der Waals surface area contributed by atoms with Crippen LogP contribution in [0.1, 0.15) is 23.0 Å². The van der Waals surface area contributed by atoms with Crippen molar-refractivity contribution in [3.8, 4) is 11.3 Å². The van der Waals surface area contributed by atoms with E-state index >= 15 is 0 Å². The van der Waals surface area contributed by atoms with Crippen LogP contribution in [0.25, 0.3) is 11.3 Å². The van der Waals surface area contributed by atoms with Gasteiger partial charge in [-0.05, 0) is 31.2 Å². The van der Waals surface area contributed by atoms with Crippen LogP contribution < -0.4 is 5.32 Å². The third-order valence-electron chi connectivity index (χ3n) is 3.88. The fourth-order valence-corrected chi connectivity index (χ4v) is 2.65. The van der Waals surface area contributed by atoms with Crippen LogP contribution in [-0.2, 0) is 10.8 Å². The second-order valence-electron chi connectivity index (χ2n) is 5.77. The minimum atomic E-state index is -4.40. The van der Waals surface area contributed by atoms with Gasteiger partial charge in [0.25, 0.3) is 11.9 Å². The van der Waals surface area contributed by atoms with Crippen LogP contribution in [0.15, 0.2) is 53.2 Å². The highest BCUT2D eigenvalue weighted by atomic mass is 31.0. The number of nitrogens with zero attached hydrogens (tertiary/aromatic N) is 3. The molecule has 1 amide bonds. The number of halogens is 3. The predicted molar refractivity (Wildman–Crippen MR) is 102 cm³/mol. The van der Waals surface area contributed by atoms with Gasteiger partial charge in [-0.3, -0.25) is 9.42 Å². The Balaban J connectivity index is 1.69. The van der Waals surface area contributed by atoms with E-state index in [1.165, 1.54) is 30.6 Å². The largest absolute Gasteiger partial charge is 0.423 e. The summed E-state index contributed by atoms with van der Waals surface area (Å²) < 4.78 is 48.3. The smallest absolute Gasteiger partial charge is 0.416 e. The van der Waals surface area contributed by atoms with Gasteiger partial charge in [0.2, 0.25) is 0 Å². The number of hydrogen-bond acceptors (Lipinski definition) is 6. The van der Waals surface area contributed by atoms with Crippen LogP contribution in [0.4, 0.5) is 24.9 Å². The van der Waals surface area contributed by atoms with Crippen molar-refractivity contribution < 1.29 is 27.0 Å². The molecule has 1 unspecified atom stereocenters. The second kappa shape index (κ2) is 8.59. The Bertz CT molecular complexity index is 971. The first kappa shape index (κ1) is 20.8. The lowest BCUT2D eigenvalue weighted by molar-refractivity contribution is -0.137. The molecule has 29 heavy (non-hydrogen) atoms. The summed E-state index contributed by atoms with van der Waals surface area (Å²) in [4.78, 5) is 20.2. The van der Waals surface area contributed by atoms with Crippen LogP contribution in [0.2, 0.25) is 0 Å². The molecule has 0 aliphatic heterocycles. The third kappa shape index (κ3) is 4.90. The van der Waals surface area contributed by atoms with Crippen LogP contribution >= 0.6 is 9.47 Å². The Morgan fingerprint density at radius 1 is 1.17 bits per heavy atom. The van der Waals surface area contributed by atoms with E-state index in [2.05, 4.69) is 15.3 Å². The highest BCUT2D eigenvalue weighted by molar-refractivity contribution is 7.09. The highest BCUT2D eigenvalue weighted by Crippen LogP contribution is 2.31. The number of rotatable bonds is 6. The van der Waals surface area contributed by atoms with E-state index < -0.39 is 17.6 Å². The average molecular weight is 424 g/mol. The molecular weight excluding hydrogens is 408 g/mol. The molecular formula is C18H16F3N4O3P. The number of hydrogen-bond donors (Lipinski definition) is 1. The first-order chi connectivity index (χ1) is 13.8. The normalized spacial score (nSPS) is 11.3. The van der Waals surface area contributed by atoms with Crippen molar-refractivity contribution in [2.24, 2.45) is 0 Å². The molecule has 7 nitrogen and oxygen atoms in total. The molecule has 0 saturated heterocycles. The molecule has 1 N–H and O–H groups in total. The maximum atomic E-state index is 12.6. The van der Waals surface area contributed by atoms with E-state index in [1.54, 1.807) is 13.0 Å². The number of anilines is 2. The van der Waals surface area contributed by atoms with Gasteiger partial charge in [-0.25, -0.2) is 15.0 Å². The van der Waals surface area contributed by atoms with Crippen LogP contribution in [0.3, 0.4) is 0 Å². The lowest BCUT2D eigenvalue weighted by Gasteiger charge is -2.16. The zero-order valence-electron chi connectivity index (χ0n) is 15.1. The lowest BCUT2D eigenvalue weighted by Crippen LogP contribution is -2.28. The summed E-state index contributed by atoms with van der Waals surface area (Å²) in [5, 5.41) is 4.00. The number of oxazole rings is 1. The number of carbonyl (C=O) groups excluding carboxylic acids is 1. The molecule has 3 aromatic rings. The number of hydroxylamine groups is 2. The van der Waals surface area contributed by atoms with E-state index in [-0.39, 0.29) is 11.7 Å². The van der Waals surface area contributed by atoms with E-state index in [1.807, 2.05) is 9.47 Å². The first-order valence-corrected chi connectivity index (χ1v) is 8.84. The number of amides is 1. The Labute approximate surface area is 166 Å². The fraction of sp³-hybridized carbons (Fsp3) is 0.167. The van der Waals surface area contributed by atoms with Gasteiger partial charge in [-0.2, -0.15) is 13.2 Å². The quantitative estimate of drug-likeness (QED) is 0.457. The van der Waals surface area contributed by atoms with E-state index in [4.69, 9.17) is 9.04 Å². The molecule has 2 aromatic heterocycles. The van der Waals surface area contributed by atoms with Gasteiger partial charge < -0.3 is 9.73 Å². The summed E-state index contributed by atoms with van der Waals surface area (Å²) in [6, 6.07) is 7.82. The van der Waals surface area contributed by atoms with Crippen molar-refractivity contribution in [3.63, 3.8) is 0 Å². The summed E-state index contributed by atoms with van der Waals surface area (Å²) in [5.41, 5.74) is 0.415. The van der Waals surface area contributed by atoms with Gasteiger partial charge in [0.1, 0.15) is 5.69 Å². The van der Waals surface area contributed by atoms with Crippen molar-refractivity contribution in [1.82, 2.24) is 15.0 Å². The van der Waals surface area contributed by atoms with Gasteiger partial charge in [0.05, 0.1) is 23.6 Å². The van der Waals surface area contributed by atoms with Crippen LogP contribution in [0.5, 0.6) is 0 Å². The predicted octanol–water partition coefficient (Wildman–Crippen LogP) is 4.68. The lowest BCUT2D eigenvalue weighted by atomic mass is 10.1. The minimum Gasteiger partial charge on any atom is -0.423 e. The van der Waals surface area contributed by atoms with Crippen molar-refractivity contribution in [2.45, 2.75) is 13.1 Å². The molecule has 0 fully saturated rings. The highest BCUT2D eigenvalue weighted by Gasteiger charge is 2.30. The van der Waals surface area contributed by atoms with Crippen molar-refractivity contribution in [1.29, 1.82) is 0 Å².